The number of carbonyl (C=O) groups is 1. The Morgan fingerprint density at radius 2 is 2.00 bits per heavy atom. The van der Waals surface area contributed by atoms with Crippen LogP contribution in [0, 0.1) is 11.8 Å². The second kappa shape index (κ2) is 10.7. The van der Waals surface area contributed by atoms with Crippen molar-refractivity contribution in [3.63, 3.8) is 0 Å². The molecule has 1 aliphatic rings. The van der Waals surface area contributed by atoms with E-state index >= 15 is 0 Å². The number of nitrogens with one attached hydrogen (secondary N) is 1. The van der Waals surface area contributed by atoms with Crippen LogP contribution in [-0.4, -0.2) is 63.1 Å². The SMILES string of the molecule is COCCC(=O)N[C@@H](C)c1nnc2n1CCN(Cc1ccc(C#CC(C)(C)O)cc1)CC2. The quantitative estimate of drug-likeness (QED) is 0.638. The van der Waals surface area contributed by atoms with Gasteiger partial charge in [-0.15, -0.1) is 10.2 Å². The Bertz CT molecular complexity index is 966. The van der Waals surface area contributed by atoms with Crippen LogP contribution in [0.15, 0.2) is 24.3 Å². The van der Waals surface area contributed by atoms with Crippen molar-refractivity contribution in [2.24, 2.45) is 0 Å². The highest BCUT2D eigenvalue weighted by molar-refractivity contribution is 5.76. The molecule has 1 aliphatic heterocycles. The van der Waals surface area contributed by atoms with E-state index in [0.717, 1.165) is 49.8 Å². The average molecular weight is 440 g/mol. The molecule has 2 heterocycles. The number of nitrogens with zero attached hydrogens (tertiary/aromatic N) is 4. The zero-order valence-electron chi connectivity index (χ0n) is 19.4. The minimum atomic E-state index is -0.993. The van der Waals surface area contributed by atoms with Crippen molar-refractivity contribution < 1.29 is 14.6 Å². The van der Waals surface area contributed by atoms with Crippen molar-refractivity contribution >= 4 is 5.91 Å². The Hall–Kier alpha value is -2.73. The van der Waals surface area contributed by atoms with Crippen molar-refractivity contribution in [1.29, 1.82) is 0 Å². The zero-order chi connectivity index (χ0) is 23.1. The van der Waals surface area contributed by atoms with E-state index in [1.54, 1.807) is 21.0 Å². The van der Waals surface area contributed by atoms with Gasteiger partial charge in [-0.2, -0.15) is 0 Å². The fraction of sp³-hybridized carbons (Fsp3) is 0.542. The van der Waals surface area contributed by atoms with E-state index < -0.39 is 5.60 Å². The second-order valence-electron chi connectivity index (χ2n) is 8.69. The van der Waals surface area contributed by atoms with E-state index in [4.69, 9.17) is 4.74 Å². The summed E-state index contributed by atoms with van der Waals surface area (Å²) in [5, 5.41) is 21.4. The molecule has 0 saturated carbocycles. The molecule has 0 aliphatic carbocycles. The normalized spacial score (nSPS) is 15.3. The summed E-state index contributed by atoms with van der Waals surface area (Å²) in [7, 11) is 1.58. The first kappa shape index (κ1) is 23.9. The topological polar surface area (TPSA) is 92.5 Å². The van der Waals surface area contributed by atoms with Gasteiger partial charge in [0.15, 0.2) is 5.82 Å². The molecule has 0 bridgehead atoms. The minimum absolute atomic E-state index is 0.0531. The lowest BCUT2D eigenvalue weighted by Crippen LogP contribution is -2.30. The van der Waals surface area contributed by atoms with Gasteiger partial charge in [0, 0.05) is 51.7 Å². The molecule has 0 fully saturated rings. The molecule has 1 aromatic carbocycles. The van der Waals surface area contributed by atoms with Crippen LogP contribution in [0.25, 0.3) is 0 Å². The number of amides is 1. The molecular weight excluding hydrogens is 406 g/mol. The van der Waals surface area contributed by atoms with Crippen LogP contribution in [0.4, 0.5) is 0 Å². The Morgan fingerprint density at radius 3 is 2.69 bits per heavy atom. The molecule has 32 heavy (non-hydrogen) atoms. The number of hydrogen-bond donors (Lipinski definition) is 2. The molecule has 1 aromatic heterocycles. The largest absolute Gasteiger partial charge is 0.384 e. The van der Waals surface area contributed by atoms with Gasteiger partial charge in [0.05, 0.1) is 12.6 Å². The molecular formula is C24H33N5O3. The first-order valence-electron chi connectivity index (χ1n) is 11.0. The summed E-state index contributed by atoms with van der Waals surface area (Å²) in [5.74, 6) is 7.54. The van der Waals surface area contributed by atoms with Gasteiger partial charge in [-0.3, -0.25) is 9.69 Å². The lowest BCUT2D eigenvalue weighted by Gasteiger charge is -2.20. The van der Waals surface area contributed by atoms with Gasteiger partial charge in [-0.25, -0.2) is 0 Å². The van der Waals surface area contributed by atoms with Crippen LogP contribution >= 0.6 is 0 Å². The Labute approximate surface area is 190 Å². The molecule has 0 unspecified atom stereocenters. The fourth-order valence-electron chi connectivity index (χ4n) is 3.62. The van der Waals surface area contributed by atoms with E-state index in [1.165, 1.54) is 5.56 Å². The van der Waals surface area contributed by atoms with Crippen LogP contribution in [-0.2, 0) is 29.0 Å². The van der Waals surface area contributed by atoms with Gasteiger partial charge in [0.2, 0.25) is 5.91 Å². The van der Waals surface area contributed by atoms with Crippen molar-refractivity contribution in [1.82, 2.24) is 25.0 Å². The number of ether oxygens (including phenoxy) is 1. The summed E-state index contributed by atoms with van der Waals surface area (Å²) < 4.78 is 7.10. The van der Waals surface area contributed by atoms with E-state index in [9.17, 15) is 9.90 Å². The van der Waals surface area contributed by atoms with E-state index in [0.29, 0.717) is 13.0 Å². The maximum Gasteiger partial charge on any atom is 0.222 e. The first-order chi connectivity index (χ1) is 15.2. The van der Waals surface area contributed by atoms with Gasteiger partial charge < -0.3 is 19.7 Å². The molecule has 1 atom stereocenters. The van der Waals surface area contributed by atoms with Gasteiger partial charge >= 0.3 is 0 Å². The number of aliphatic hydroxyl groups is 1. The summed E-state index contributed by atoms with van der Waals surface area (Å²) in [5.41, 5.74) is 1.12. The summed E-state index contributed by atoms with van der Waals surface area (Å²) in [6, 6.07) is 7.95. The molecule has 3 rings (SSSR count). The minimum Gasteiger partial charge on any atom is -0.384 e. The van der Waals surface area contributed by atoms with Crippen LogP contribution in [0.3, 0.4) is 0 Å². The van der Waals surface area contributed by atoms with Gasteiger partial charge in [0.1, 0.15) is 11.4 Å². The van der Waals surface area contributed by atoms with E-state index in [-0.39, 0.29) is 11.9 Å². The second-order valence-corrected chi connectivity index (χ2v) is 8.69. The third-order valence-corrected chi connectivity index (χ3v) is 5.32. The molecule has 8 heteroatoms. The predicted octanol–water partition coefficient (Wildman–Crippen LogP) is 1.67. The van der Waals surface area contributed by atoms with Gasteiger partial charge in [-0.1, -0.05) is 24.0 Å². The van der Waals surface area contributed by atoms with Crippen molar-refractivity contribution in [2.45, 2.75) is 58.3 Å². The lowest BCUT2D eigenvalue weighted by molar-refractivity contribution is -0.122. The van der Waals surface area contributed by atoms with Gasteiger partial charge in [-0.05, 0) is 38.5 Å². The number of aromatic nitrogens is 3. The van der Waals surface area contributed by atoms with E-state index in [2.05, 4.69) is 49.0 Å². The molecule has 0 radical (unpaired) electrons. The molecule has 172 valence electrons. The van der Waals surface area contributed by atoms with Crippen LogP contribution in [0.2, 0.25) is 0 Å². The fourth-order valence-corrected chi connectivity index (χ4v) is 3.62. The third-order valence-electron chi connectivity index (χ3n) is 5.32. The number of fused-ring (bicyclic) bond motifs is 1. The van der Waals surface area contributed by atoms with Crippen LogP contribution < -0.4 is 5.32 Å². The highest BCUT2D eigenvalue weighted by atomic mass is 16.5. The lowest BCUT2D eigenvalue weighted by atomic mass is 10.1. The van der Waals surface area contributed by atoms with Crippen molar-refractivity contribution in [2.75, 3.05) is 26.8 Å². The Morgan fingerprint density at radius 1 is 1.25 bits per heavy atom. The zero-order valence-corrected chi connectivity index (χ0v) is 19.4. The maximum atomic E-state index is 12.0. The number of methoxy groups -OCH3 is 1. The van der Waals surface area contributed by atoms with Crippen LogP contribution in [0.5, 0.6) is 0 Å². The summed E-state index contributed by atoms with van der Waals surface area (Å²) in [6.07, 6.45) is 1.14. The number of hydrogen-bond acceptors (Lipinski definition) is 6. The Balaban J connectivity index is 1.58. The Kier molecular flexibility index (Phi) is 8.02. The monoisotopic (exact) mass is 439 g/mol. The van der Waals surface area contributed by atoms with Crippen molar-refractivity contribution in [3.8, 4) is 11.8 Å². The molecule has 8 nitrogen and oxygen atoms in total. The molecule has 2 aromatic rings. The standard InChI is InChI=1S/C24H33N5O3/c1-18(25-22(30)11-16-32-4)23-27-26-21-10-13-28(14-15-29(21)23)17-20-7-5-19(6-8-20)9-12-24(2,3)31/h5-8,18,31H,10-11,13-17H2,1-4H3,(H,25,30)/t18-/m0/s1. The highest BCUT2D eigenvalue weighted by Gasteiger charge is 2.22. The van der Waals surface area contributed by atoms with Crippen molar-refractivity contribution in [3.05, 3.63) is 47.0 Å². The summed E-state index contributed by atoms with van der Waals surface area (Å²) >= 11 is 0. The highest BCUT2D eigenvalue weighted by Crippen LogP contribution is 2.17. The number of benzene rings is 1. The molecule has 0 saturated heterocycles. The molecule has 0 spiro atoms. The average Bonchev–Trinajstić information content (AvgIpc) is 3.06. The molecule has 2 N–H and O–H groups in total. The first-order valence-corrected chi connectivity index (χ1v) is 11.0. The predicted molar refractivity (Wildman–Crippen MR) is 122 cm³/mol. The smallest absolute Gasteiger partial charge is 0.222 e. The third kappa shape index (κ3) is 6.89. The van der Waals surface area contributed by atoms with Gasteiger partial charge in [0.25, 0.3) is 0 Å². The maximum absolute atomic E-state index is 12.0. The summed E-state index contributed by atoms with van der Waals surface area (Å²) in [4.78, 5) is 14.4. The molecule has 1 amide bonds. The van der Waals surface area contributed by atoms with Crippen LogP contribution in [0.1, 0.15) is 56.0 Å². The number of rotatable bonds is 7. The number of carbonyl (C=O) groups excluding carboxylic acids is 1. The van der Waals surface area contributed by atoms with E-state index in [1.807, 2.05) is 19.1 Å². The summed E-state index contributed by atoms with van der Waals surface area (Å²) in [6.45, 7) is 9.09.